The minimum atomic E-state index is -0.203. The third-order valence-corrected chi connectivity index (χ3v) is 5.07. The van der Waals surface area contributed by atoms with E-state index in [1.54, 1.807) is 12.3 Å². The van der Waals surface area contributed by atoms with E-state index in [9.17, 15) is 4.39 Å². The summed E-state index contributed by atoms with van der Waals surface area (Å²) in [5.41, 5.74) is 4.46. The molecule has 0 atom stereocenters. The summed E-state index contributed by atoms with van der Waals surface area (Å²) in [6.45, 7) is 9.24. The second-order valence-corrected chi connectivity index (χ2v) is 7.23. The molecule has 0 spiro atoms. The highest BCUT2D eigenvalue weighted by molar-refractivity contribution is 6.12. The largest absolute Gasteiger partial charge is 0.386 e. The van der Waals surface area contributed by atoms with Gasteiger partial charge in [-0.15, -0.1) is 0 Å². The maximum absolute atomic E-state index is 14.7. The molecule has 156 valence electrons. The van der Waals surface area contributed by atoms with Crippen LogP contribution in [0.3, 0.4) is 0 Å². The van der Waals surface area contributed by atoms with Crippen LogP contribution in [0.15, 0.2) is 76.1 Å². The minimum Gasteiger partial charge on any atom is -0.386 e. The Morgan fingerprint density at radius 3 is 3.00 bits per heavy atom. The van der Waals surface area contributed by atoms with Gasteiger partial charge < -0.3 is 20.9 Å². The van der Waals surface area contributed by atoms with Crippen molar-refractivity contribution >= 4 is 5.71 Å². The molecule has 2 heterocycles. The van der Waals surface area contributed by atoms with Crippen molar-refractivity contribution in [3.63, 3.8) is 0 Å². The van der Waals surface area contributed by atoms with Crippen molar-refractivity contribution in [1.82, 2.24) is 20.9 Å². The topological polar surface area (TPSA) is 51.7 Å². The molecule has 0 aromatic heterocycles. The Hall–Kier alpha value is -2.60. The number of allylic oxidation sites excluding steroid dienone is 5. The minimum absolute atomic E-state index is 0.203. The Labute approximate surface area is 173 Å². The van der Waals surface area contributed by atoms with Crippen LogP contribution < -0.4 is 16.0 Å². The summed E-state index contributed by atoms with van der Waals surface area (Å²) in [6, 6.07) is 0. The first kappa shape index (κ1) is 21.1. The normalized spacial score (nSPS) is 23.3. The van der Waals surface area contributed by atoms with Gasteiger partial charge in [-0.05, 0) is 50.1 Å². The van der Waals surface area contributed by atoms with Gasteiger partial charge in [-0.2, -0.15) is 0 Å². The predicted molar refractivity (Wildman–Crippen MR) is 119 cm³/mol. The molecule has 3 rings (SSSR count). The number of hydrogen-bond donors (Lipinski definition) is 3. The van der Waals surface area contributed by atoms with E-state index in [0.29, 0.717) is 12.1 Å². The molecular formula is C23H32FN5. The molecule has 6 heteroatoms. The zero-order valence-corrected chi connectivity index (χ0v) is 17.5. The Bertz CT molecular complexity index is 790. The summed E-state index contributed by atoms with van der Waals surface area (Å²) < 4.78 is 14.7. The Morgan fingerprint density at radius 1 is 1.28 bits per heavy atom. The van der Waals surface area contributed by atoms with Gasteiger partial charge >= 0.3 is 0 Å². The fourth-order valence-electron chi connectivity index (χ4n) is 3.62. The van der Waals surface area contributed by atoms with E-state index in [1.165, 1.54) is 5.70 Å². The van der Waals surface area contributed by atoms with E-state index in [2.05, 4.69) is 31.9 Å². The Morgan fingerprint density at radius 2 is 2.17 bits per heavy atom. The Kier molecular flexibility index (Phi) is 7.87. The summed E-state index contributed by atoms with van der Waals surface area (Å²) in [4.78, 5) is 6.88. The van der Waals surface area contributed by atoms with Crippen molar-refractivity contribution < 1.29 is 4.39 Å². The van der Waals surface area contributed by atoms with Crippen molar-refractivity contribution in [3.8, 4) is 0 Å². The lowest BCUT2D eigenvalue weighted by Gasteiger charge is -2.30. The molecule has 5 nitrogen and oxygen atoms in total. The van der Waals surface area contributed by atoms with Crippen LogP contribution in [0.4, 0.5) is 4.39 Å². The molecule has 0 unspecified atom stereocenters. The number of nitrogens with zero attached hydrogens (tertiary/aromatic N) is 2. The van der Waals surface area contributed by atoms with E-state index >= 15 is 0 Å². The van der Waals surface area contributed by atoms with Crippen molar-refractivity contribution in [1.29, 1.82) is 0 Å². The van der Waals surface area contributed by atoms with E-state index in [0.717, 1.165) is 62.5 Å². The Balaban J connectivity index is 1.73. The molecule has 0 saturated carbocycles. The summed E-state index contributed by atoms with van der Waals surface area (Å²) in [6.07, 6.45) is 15.2. The van der Waals surface area contributed by atoms with E-state index in [1.807, 2.05) is 38.3 Å². The summed E-state index contributed by atoms with van der Waals surface area (Å²) in [5, 5.41) is 10.1. The molecule has 0 aromatic rings. The first-order valence-corrected chi connectivity index (χ1v) is 10.5. The van der Waals surface area contributed by atoms with Crippen LogP contribution in [-0.2, 0) is 0 Å². The highest BCUT2D eigenvalue weighted by atomic mass is 19.1. The fourth-order valence-corrected chi connectivity index (χ4v) is 3.62. The molecule has 1 aliphatic carbocycles. The van der Waals surface area contributed by atoms with Gasteiger partial charge in [0.05, 0.1) is 17.1 Å². The number of rotatable bonds is 6. The molecule has 3 aliphatic rings. The third-order valence-electron chi connectivity index (χ3n) is 5.07. The fraction of sp³-hybridized carbons (Fsp3) is 0.435. The number of dihydropyridines is 1. The number of nitrogens with one attached hydrogen (secondary N) is 3. The van der Waals surface area contributed by atoms with Gasteiger partial charge in [-0.25, -0.2) is 4.39 Å². The van der Waals surface area contributed by atoms with Crippen LogP contribution in [0.1, 0.15) is 26.7 Å². The molecule has 0 amide bonds. The summed E-state index contributed by atoms with van der Waals surface area (Å²) >= 11 is 0. The van der Waals surface area contributed by atoms with E-state index < -0.39 is 0 Å². The van der Waals surface area contributed by atoms with Gasteiger partial charge in [0.25, 0.3) is 0 Å². The molecule has 29 heavy (non-hydrogen) atoms. The maximum Gasteiger partial charge on any atom is 0.128 e. The SMILES string of the molecule is C\C=C/N=C1\C=C(CNC2=CNCC=C2N2CCCNCC2)C(F)=C\C1=C/CC. The summed E-state index contributed by atoms with van der Waals surface area (Å²) in [5.74, 6) is -0.203. The van der Waals surface area contributed by atoms with Crippen LogP contribution in [0.5, 0.6) is 0 Å². The maximum atomic E-state index is 14.7. The van der Waals surface area contributed by atoms with Crippen molar-refractivity contribution in [2.45, 2.75) is 26.7 Å². The van der Waals surface area contributed by atoms with E-state index in [4.69, 9.17) is 0 Å². The van der Waals surface area contributed by atoms with Gasteiger partial charge in [-0.1, -0.05) is 19.1 Å². The first-order valence-electron chi connectivity index (χ1n) is 10.5. The molecule has 0 radical (unpaired) electrons. The first-order chi connectivity index (χ1) is 14.2. The average molecular weight is 398 g/mol. The van der Waals surface area contributed by atoms with Crippen molar-refractivity contribution in [2.24, 2.45) is 4.99 Å². The lowest BCUT2D eigenvalue weighted by Crippen LogP contribution is -2.35. The van der Waals surface area contributed by atoms with Crippen molar-refractivity contribution in [3.05, 3.63) is 71.1 Å². The second-order valence-electron chi connectivity index (χ2n) is 7.23. The zero-order chi connectivity index (χ0) is 20.5. The van der Waals surface area contributed by atoms with Crippen molar-refractivity contribution in [2.75, 3.05) is 39.3 Å². The molecular weight excluding hydrogens is 365 g/mol. The molecule has 2 aliphatic heterocycles. The van der Waals surface area contributed by atoms with Crippen LogP contribution in [0.25, 0.3) is 0 Å². The lowest BCUT2D eigenvalue weighted by molar-refractivity contribution is 0.366. The zero-order valence-electron chi connectivity index (χ0n) is 17.5. The number of aliphatic imine (C=N–C) groups is 1. The van der Waals surface area contributed by atoms with Gasteiger partial charge in [0.15, 0.2) is 0 Å². The molecule has 1 fully saturated rings. The average Bonchev–Trinajstić information content (AvgIpc) is 3.02. The van der Waals surface area contributed by atoms with Crippen LogP contribution in [0.2, 0.25) is 0 Å². The number of halogens is 1. The number of hydrogen-bond acceptors (Lipinski definition) is 5. The molecule has 0 bridgehead atoms. The van der Waals surface area contributed by atoms with Gasteiger partial charge in [0.1, 0.15) is 5.83 Å². The second kappa shape index (κ2) is 10.8. The highest BCUT2D eigenvalue weighted by Gasteiger charge is 2.20. The highest BCUT2D eigenvalue weighted by Crippen LogP contribution is 2.24. The smallest absolute Gasteiger partial charge is 0.128 e. The van der Waals surface area contributed by atoms with Crippen LogP contribution in [-0.4, -0.2) is 49.9 Å². The van der Waals surface area contributed by atoms with Gasteiger partial charge in [-0.3, -0.25) is 4.99 Å². The monoisotopic (exact) mass is 397 g/mol. The molecule has 0 aromatic carbocycles. The predicted octanol–water partition coefficient (Wildman–Crippen LogP) is 3.30. The third kappa shape index (κ3) is 5.70. The standard InChI is InChI=1S/C23H32FN5/c1-3-6-18-14-20(24)19(15-21(18)27-8-4-2)16-28-22-17-26-10-7-23(22)29-12-5-9-25-11-13-29/h4,6-8,14-15,17,25-26,28H,3,5,9-13,16H2,1-2H3/b8-4-,18-6+,27-21+. The molecule has 3 N–H and O–H groups in total. The lowest BCUT2D eigenvalue weighted by atomic mass is 9.98. The quantitative estimate of drug-likeness (QED) is 0.644. The van der Waals surface area contributed by atoms with E-state index in [-0.39, 0.29) is 5.83 Å². The van der Waals surface area contributed by atoms with Crippen LogP contribution >= 0.6 is 0 Å². The van der Waals surface area contributed by atoms with Crippen LogP contribution in [0, 0.1) is 0 Å². The molecule has 1 saturated heterocycles. The van der Waals surface area contributed by atoms with Gasteiger partial charge in [0.2, 0.25) is 0 Å². The van der Waals surface area contributed by atoms with Gasteiger partial charge in [0, 0.05) is 50.7 Å². The summed E-state index contributed by atoms with van der Waals surface area (Å²) in [7, 11) is 0.